The average Bonchev–Trinajstić information content (AvgIpc) is 2.93. The number of allylic oxidation sites excluding steroid dienone is 2. The van der Waals surface area contributed by atoms with Gasteiger partial charge >= 0.3 is 5.97 Å². The van der Waals surface area contributed by atoms with Crippen molar-refractivity contribution in [3.05, 3.63) is 33.1 Å². The number of rotatable bonds is 7. The molecule has 0 saturated carbocycles. The molecule has 1 aliphatic rings. The van der Waals surface area contributed by atoms with E-state index in [4.69, 9.17) is 9.47 Å². The first-order valence-corrected chi connectivity index (χ1v) is 12.2. The second-order valence-corrected chi connectivity index (χ2v) is 11.8. The Morgan fingerprint density at radius 2 is 2.08 bits per heavy atom. The van der Waals surface area contributed by atoms with E-state index in [9.17, 15) is 4.79 Å². The van der Waals surface area contributed by atoms with Crippen LogP contribution in [-0.4, -0.2) is 31.9 Å². The molecule has 2 rings (SSSR count). The molecule has 25 heavy (non-hydrogen) atoms. The summed E-state index contributed by atoms with van der Waals surface area (Å²) in [6.45, 7) is 9.98. The van der Waals surface area contributed by atoms with Crippen LogP contribution in [-0.2, 0) is 20.7 Å². The molecular weight excluding hydrogens is 469 g/mol. The summed E-state index contributed by atoms with van der Waals surface area (Å²) in [5, 5.41) is 2.03. The van der Waals surface area contributed by atoms with Crippen LogP contribution in [0.25, 0.3) is 0 Å². The highest BCUT2D eigenvalue weighted by Crippen LogP contribution is 2.36. The summed E-state index contributed by atoms with van der Waals surface area (Å²) in [6, 6.07) is 0. The van der Waals surface area contributed by atoms with Crippen molar-refractivity contribution in [2.75, 3.05) is 6.61 Å². The number of halogens is 1. The van der Waals surface area contributed by atoms with E-state index in [1.54, 1.807) is 11.3 Å². The smallest absolute Gasteiger partial charge is 0.322 e. The minimum atomic E-state index is -0.671. The molecule has 0 N–H and O–H groups in total. The fourth-order valence-corrected chi connectivity index (χ4v) is 5.40. The highest BCUT2D eigenvalue weighted by atomic mass is 127. The van der Waals surface area contributed by atoms with Gasteiger partial charge in [0, 0.05) is 11.8 Å². The number of carbonyl (C=O) groups is 1. The molecule has 2 heterocycles. The molecule has 0 unspecified atom stereocenters. The molecule has 7 heteroatoms. The normalized spacial score (nSPS) is 14.7. The van der Waals surface area contributed by atoms with Crippen molar-refractivity contribution in [3.8, 4) is 0 Å². The summed E-state index contributed by atoms with van der Waals surface area (Å²) < 4.78 is 15.8. The van der Waals surface area contributed by atoms with Crippen molar-refractivity contribution in [1.82, 2.24) is 4.98 Å². The van der Waals surface area contributed by atoms with E-state index in [0.29, 0.717) is 6.61 Å². The molecule has 0 radical (unpaired) electrons. The van der Waals surface area contributed by atoms with E-state index in [1.807, 2.05) is 52.2 Å². The molecule has 0 aromatic carbocycles. The largest absolute Gasteiger partial charge is 0.493 e. The Hall–Kier alpha value is -0.670. The third kappa shape index (κ3) is 7.22. The van der Waals surface area contributed by atoms with E-state index in [0.717, 1.165) is 22.2 Å². The minimum Gasteiger partial charge on any atom is -0.493 e. The number of thiazole rings is 1. The van der Waals surface area contributed by atoms with Gasteiger partial charge in [-0.15, -0.1) is 11.3 Å². The van der Waals surface area contributed by atoms with E-state index < -0.39 is 10.3 Å². The summed E-state index contributed by atoms with van der Waals surface area (Å²) in [5.74, 6) is 0.696. The molecule has 4 nitrogen and oxygen atoms in total. The predicted octanol–water partition coefficient (Wildman–Crippen LogP) is 5.10. The van der Waals surface area contributed by atoms with Crippen LogP contribution >= 0.6 is 43.8 Å². The summed E-state index contributed by atoms with van der Waals surface area (Å²) in [4.78, 5) is 16.9. The lowest BCUT2D eigenvalue weighted by Gasteiger charge is -2.27. The maximum atomic E-state index is 12.3. The number of esters is 1. The Morgan fingerprint density at radius 1 is 1.32 bits per heavy atom. The molecule has 0 fully saturated rings. The van der Waals surface area contributed by atoms with E-state index in [-0.39, 0.29) is 26.7 Å². The minimum absolute atomic E-state index is 0.0885. The van der Waals surface area contributed by atoms with Gasteiger partial charge in [0.25, 0.3) is 0 Å². The fraction of sp³-hybridized carbons (Fsp3) is 0.500. The number of aromatic nitrogens is 1. The summed E-state index contributed by atoms with van der Waals surface area (Å²) in [7, 11) is 0. The first-order valence-electron chi connectivity index (χ1n) is 7.97. The van der Waals surface area contributed by atoms with Crippen LogP contribution in [0.2, 0.25) is 0 Å². The van der Waals surface area contributed by atoms with Crippen molar-refractivity contribution < 1.29 is 14.3 Å². The fourth-order valence-electron chi connectivity index (χ4n) is 1.78. The van der Waals surface area contributed by atoms with Crippen LogP contribution in [0.4, 0.5) is 0 Å². The number of carbonyl (C=O) groups excluding carboxylic acids is 1. The Kier molecular flexibility index (Phi) is 7.28. The third-order valence-electron chi connectivity index (χ3n) is 2.99. The van der Waals surface area contributed by atoms with Gasteiger partial charge in [0.1, 0.15) is 16.1 Å². The van der Waals surface area contributed by atoms with Crippen LogP contribution in [0.3, 0.4) is 0 Å². The summed E-state index contributed by atoms with van der Waals surface area (Å²) in [6.07, 6.45) is 4.84. The maximum absolute atomic E-state index is 12.3. The number of ether oxygens (including phenoxy) is 2. The molecule has 0 aliphatic carbocycles. The molecule has 0 spiro atoms. The van der Waals surface area contributed by atoms with E-state index in [1.165, 1.54) is 11.8 Å². The molecule has 1 aromatic heterocycles. The molecule has 0 saturated heterocycles. The highest BCUT2D eigenvalue weighted by Gasteiger charge is 2.34. The van der Waals surface area contributed by atoms with Crippen LogP contribution in [0, 0.1) is 0 Å². The zero-order valence-electron chi connectivity index (χ0n) is 15.2. The highest BCUT2D eigenvalue weighted by molar-refractivity contribution is 14.2. The second-order valence-electron chi connectivity index (χ2n) is 6.93. The molecule has 0 amide bonds. The summed E-state index contributed by atoms with van der Waals surface area (Å²) >= 11 is 3.09. The van der Waals surface area contributed by atoms with Gasteiger partial charge < -0.3 is 9.47 Å². The number of nitrogens with zero attached hydrogens (tertiary/aromatic N) is 1. The lowest BCUT2D eigenvalue weighted by atomic mass is 10.1. The number of thioether (sulfide) groups is 1. The number of hydrogen-bond acceptors (Lipinski definition) is 6. The van der Waals surface area contributed by atoms with Crippen LogP contribution in [0.15, 0.2) is 31.7 Å². The van der Waals surface area contributed by atoms with Gasteiger partial charge in [0.05, 0.1) is 12.3 Å². The van der Waals surface area contributed by atoms with Crippen LogP contribution < -0.4 is 0 Å². The van der Waals surface area contributed by atoms with Crippen molar-refractivity contribution in [2.24, 2.45) is 0 Å². The Balaban J connectivity index is 1.85. The Morgan fingerprint density at radius 3 is 2.72 bits per heavy atom. The molecular formula is C18H24INO3S2. The second kappa shape index (κ2) is 8.81. The first kappa shape index (κ1) is 20.6. The van der Waals surface area contributed by atoms with Gasteiger partial charge in [-0.2, -0.15) is 0 Å². The number of hydrogen-bond donors (Lipinski definition) is 0. The van der Waals surface area contributed by atoms with Crippen molar-refractivity contribution in [1.29, 1.82) is 0 Å². The van der Waals surface area contributed by atoms with Crippen molar-refractivity contribution >= 4 is 53.8 Å². The van der Waals surface area contributed by atoms with E-state index >= 15 is 0 Å². The molecule has 0 bridgehead atoms. The SMILES string of the molecule is CC(C)(C)OC(=O)C(C)(C)Sc1nc(CCOC2=CC=IC=C2)cs1. The monoisotopic (exact) mass is 493 g/mol. The topological polar surface area (TPSA) is 48.4 Å². The van der Waals surface area contributed by atoms with Gasteiger partial charge in [-0.3, -0.25) is 4.79 Å². The van der Waals surface area contributed by atoms with Gasteiger partial charge in [-0.05, 0) is 54.9 Å². The van der Waals surface area contributed by atoms with Gasteiger partial charge in [-0.1, -0.05) is 32.5 Å². The molecule has 0 atom stereocenters. The zero-order chi connectivity index (χ0) is 18.5. The third-order valence-corrected chi connectivity index (χ3v) is 6.70. The Labute approximate surface area is 167 Å². The Bertz CT molecular complexity index is 699. The summed E-state index contributed by atoms with van der Waals surface area (Å²) in [5.41, 5.74) is 0.506. The zero-order valence-corrected chi connectivity index (χ0v) is 19.0. The quantitative estimate of drug-likeness (QED) is 0.301. The molecule has 138 valence electrons. The van der Waals surface area contributed by atoms with Gasteiger partial charge in [0.15, 0.2) is 4.34 Å². The standard InChI is InChI=1S/C18H24INO3S2/c1-17(2,3)23-15(21)18(4,5)25-16-20-13(12-24-16)8-11-22-14-6-9-19-10-7-14/h6-7,9-10,12H,8,11H2,1-5H3. The van der Waals surface area contributed by atoms with Gasteiger partial charge in [-0.25, -0.2) is 4.98 Å². The van der Waals surface area contributed by atoms with E-state index in [2.05, 4.69) is 13.1 Å². The van der Waals surface area contributed by atoms with Crippen LogP contribution in [0.5, 0.6) is 0 Å². The van der Waals surface area contributed by atoms with Crippen molar-refractivity contribution in [2.45, 2.75) is 55.7 Å². The van der Waals surface area contributed by atoms with Gasteiger partial charge in [0.2, 0.25) is 0 Å². The lowest BCUT2D eigenvalue weighted by Crippen LogP contribution is -2.36. The first-order chi connectivity index (χ1) is 11.7. The molecule has 1 aliphatic heterocycles. The van der Waals surface area contributed by atoms with Crippen molar-refractivity contribution in [3.63, 3.8) is 0 Å². The maximum Gasteiger partial charge on any atom is 0.322 e. The van der Waals surface area contributed by atoms with Crippen LogP contribution in [0.1, 0.15) is 40.3 Å². The molecule has 1 aromatic rings. The predicted molar refractivity (Wildman–Crippen MR) is 115 cm³/mol. The lowest BCUT2D eigenvalue weighted by molar-refractivity contribution is -0.156. The average molecular weight is 493 g/mol.